The molecule has 1 aliphatic heterocycles. The molecular weight excluding hydrogens is 330 g/mol. The molecule has 2 heterocycles. The third-order valence-corrected chi connectivity index (χ3v) is 4.76. The number of rotatable bonds is 4. The number of amides is 3. The zero-order chi connectivity index (χ0) is 18.5. The monoisotopic (exact) mass is 355 g/mol. The second kappa shape index (κ2) is 8.08. The second-order valence-corrected chi connectivity index (χ2v) is 6.66. The number of hydrogen-bond donors (Lipinski definition) is 2. The number of piperidine rings is 1. The molecule has 26 heavy (non-hydrogen) atoms. The van der Waals surface area contributed by atoms with Crippen LogP contribution in [0.1, 0.15) is 46.2 Å². The van der Waals surface area contributed by atoms with Crippen LogP contribution in [0, 0.1) is 6.92 Å². The van der Waals surface area contributed by atoms with Gasteiger partial charge in [0.05, 0.1) is 6.54 Å². The van der Waals surface area contributed by atoms with E-state index in [1.807, 2.05) is 48.2 Å². The molecule has 0 bridgehead atoms. The highest BCUT2D eigenvalue weighted by molar-refractivity contribution is 5.94. The molecule has 2 N–H and O–H groups in total. The summed E-state index contributed by atoms with van der Waals surface area (Å²) in [5.74, 6) is 1.69. The van der Waals surface area contributed by atoms with Gasteiger partial charge >= 0.3 is 6.03 Å². The molecule has 6 nitrogen and oxygen atoms in total. The molecule has 1 aliphatic rings. The maximum absolute atomic E-state index is 12.5. The maximum atomic E-state index is 12.5. The first-order chi connectivity index (χ1) is 12.6. The number of nitrogens with zero attached hydrogens (tertiary/aromatic N) is 1. The second-order valence-electron chi connectivity index (χ2n) is 6.66. The van der Waals surface area contributed by atoms with Crippen LogP contribution < -0.4 is 10.6 Å². The number of carbonyl (C=O) groups excluding carboxylic acids is 2. The third kappa shape index (κ3) is 4.25. The Hall–Kier alpha value is -2.76. The quantitative estimate of drug-likeness (QED) is 0.885. The van der Waals surface area contributed by atoms with Crippen molar-refractivity contribution in [1.82, 2.24) is 15.5 Å². The topological polar surface area (TPSA) is 74.6 Å². The fourth-order valence-electron chi connectivity index (χ4n) is 3.38. The summed E-state index contributed by atoms with van der Waals surface area (Å²) in [6, 6.07) is 11.4. The maximum Gasteiger partial charge on any atom is 0.317 e. The lowest BCUT2D eigenvalue weighted by Gasteiger charge is -2.32. The fourth-order valence-corrected chi connectivity index (χ4v) is 3.38. The van der Waals surface area contributed by atoms with Crippen LogP contribution in [0.25, 0.3) is 0 Å². The first-order valence-electron chi connectivity index (χ1n) is 8.97. The fraction of sp³-hybridized carbons (Fsp3) is 0.400. The van der Waals surface area contributed by atoms with Gasteiger partial charge in [0.2, 0.25) is 0 Å². The van der Waals surface area contributed by atoms with Gasteiger partial charge < -0.3 is 20.0 Å². The van der Waals surface area contributed by atoms with Gasteiger partial charge in [0.1, 0.15) is 11.5 Å². The van der Waals surface area contributed by atoms with Crippen LogP contribution in [0.15, 0.2) is 40.8 Å². The Bertz CT molecular complexity index is 784. The molecule has 1 unspecified atom stereocenters. The van der Waals surface area contributed by atoms with Gasteiger partial charge in [-0.3, -0.25) is 4.79 Å². The van der Waals surface area contributed by atoms with Crippen LogP contribution in [0.2, 0.25) is 0 Å². The molecule has 1 atom stereocenters. The van der Waals surface area contributed by atoms with E-state index >= 15 is 0 Å². The number of carbonyl (C=O) groups is 2. The Morgan fingerprint density at radius 2 is 2.12 bits per heavy atom. The van der Waals surface area contributed by atoms with E-state index in [2.05, 4.69) is 10.6 Å². The Morgan fingerprint density at radius 3 is 2.85 bits per heavy atom. The largest absolute Gasteiger partial charge is 0.465 e. The normalized spacial score (nSPS) is 17.0. The minimum atomic E-state index is -0.125. The summed E-state index contributed by atoms with van der Waals surface area (Å²) in [6.45, 7) is 3.70. The zero-order valence-corrected chi connectivity index (χ0v) is 15.2. The molecule has 3 amide bonds. The minimum absolute atomic E-state index is 0.0441. The molecule has 1 fully saturated rings. The van der Waals surface area contributed by atoms with E-state index in [0.717, 1.165) is 36.5 Å². The van der Waals surface area contributed by atoms with Gasteiger partial charge in [0, 0.05) is 31.6 Å². The highest BCUT2D eigenvalue weighted by Gasteiger charge is 2.24. The molecule has 2 aromatic rings. The van der Waals surface area contributed by atoms with Crippen molar-refractivity contribution in [3.8, 4) is 0 Å². The zero-order valence-electron chi connectivity index (χ0n) is 15.2. The average Bonchev–Trinajstić information content (AvgIpc) is 3.11. The van der Waals surface area contributed by atoms with Gasteiger partial charge in [-0.1, -0.05) is 12.1 Å². The average molecular weight is 355 g/mol. The predicted octanol–water partition coefficient (Wildman–Crippen LogP) is 3.04. The number of nitrogens with one attached hydrogen (secondary N) is 2. The molecule has 138 valence electrons. The molecule has 0 radical (unpaired) electrons. The van der Waals surface area contributed by atoms with Gasteiger partial charge in [-0.2, -0.15) is 0 Å². The van der Waals surface area contributed by atoms with E-state index in [9.17, 15) is 9.59 Å². The predicted molar refractivity (Wildman–Crippen MR) is 99.1 cm³/mol. The van der Waals surface area contributed by atoms with Crippen molar-refractivity contribution in [2.45, 2.75) is 32.2 Å². The molecule has 3 rings (SSSR count). The van der Waals surface area contributed by atoms with E-state index in [1.54, 1.807) is 7.05 Å². The summed E-state index contributed by atoms with van der Waals surface area (Å²) in [5.41, 5.74) is 1.72. The van der Waals surface area contributed by atoms with Crippen molar-refractivity contribution >= 4 is 11.9 Å². The summed E-state index contributed by atoms with van der Waals surface area (Å²) < 4.78 is 5.48. The van der Waals surface area contributed by atoms with Gasteiger partial charge in [-0.25, -0.2) is 4.79 Å². The third-order valence-electron chi connectivity index (χ3n) is 4.76. The Labute approximate surface area is 153 Å². The number of urea groups is 1. The first-order valence-corrected chi connectivity index (χ1v) is 8.97. The first kappa shape index (κ1) is 18.0. The van der Waals surface area contributed by atoms with Crippen LogP contribution in [0.4, 0.5) is 4.79 Å². The molecular formula is C20H25N3O3. The van der Waals surface area contributed by atoms with Crippen LogP contribution in [0.5, 0.6) is 0 Å². The summed E-state index contributed by atoms with van der Waals surface area (Å²) >= 11 is 0. The van der Waals surface area contributed by atoms with Crippen molar-refractivity contribution in [2.24, 2.45) is 0 Å². The number of likely N-dealkylation sites (tertiary alicyclic amines) is 1. The number of furan rings is 1. The van der Waals surface area contributed by atoms with E-state index in [0.29, 0.717) is 18.7 Å². The van der Waals surface area contributed by atoms with Gasteiger partial charge in [0.15, 0.2) is 0 Å². The van der Waals surface area contributed by atoms with Crippen LogP contribution in [-0.2, 0) is 6.54 Å². The molecule has 1 aromatic heterocycles. The molecule has 6 heteroatoms. The standard InChI is InChI=1S/C20H25N3O3/c1-14-8-9-18(26-14)12-22-19(24)16-6-3-5-15(11-16)17-7-4-10-23(13-17)20(25)21-2/h3,5-6,8-9,11,17H,4,7,10,12-13H2,1-2H3,(H,21,25)(H,22,24). The van der Waals surface area contributed by atoms with Gasteiger partial charge in [0.25, 0.3) is 5.91 Å². The lowest BCUT2D eigenvalue weighted by Crippen LogP contribution is -2.43. The summed E-state index contributed by atoms with van der Waals surface area (Å²) in [7, 11) is 1.65. The van der Waals surface area contributed by atoms with Crippen LogP contribution in [-0.4, -0.2) is 37.0 Å². The minimum Gasteiger partial charge on any atom is -0.465 e. The lowest BCUT2D eigenvalue weighted by atomic mass is 9.89. The number of benzene rings is 1. The van der Waals surface area contributed by atoms with Crippen molar-refractivity contribution in [3.63, 3.8) is 0 Å². The molecule has 0 aliphatic carbocycles. The van der Waals surface area contributed by atoms with Gasteiger partial charge in [-0.15, -0.1) is 0 Å². The Kier molecular flexibility index (Phi) is 5.61. The van der Waals surface area contributed by atoms with Crippen molar-refractivity contribution < 1.29 is 14.0 Å². The van der Waals surface area contributed by atoms with Crippen LogP contribution >= 0.6 is 0 Å². The van der Waals surface area contributed by atoms with Crippen molar-refractivity contribution in [2.75, 3.05) is 20.1 Å². The number of aryl methyl sites for hydroxylation is 1. The Balaban J connectivity index is 1.65. The lowest BCUT2D eigenvalue weighted by molar-refractivity contribution is 0.0947. The van der Waals surface area contributed by atoms with E-state index in [1.165, 1.54) is 0 Å². The van der Waals surface area contributed by atoms with E-state index < -0.39 is 0 Å². The highest BCUT2D eigenvalue weighted by Crippen LogP contribution is 2.27. The van der Waals surface area contributed by atoms with Crippen molar-refractivity contribution in [1.29, 1.82) is 0 Å². The molecule has 1 aromatic carbocycles. The summed E-state index contributed by atoms with van der Waals surface area (Å²) in [5, 5.41) is 5.57. The van der Waals surface area contributed by atoms with Gasteiger partial charge in [-0.05, 0) is 49.6 Å². The number of hydrogen-bond acceptors (Lipinski definition) is 3. The molecule has 0 spiro atoms. The SMILES string of the molecule is CNC(=O)N1CCCC(c2cccc(C(=O)NCc3ccc(C)o3)c2)C1. The summed E-state index contributed by atoms with van der Waals surface area (Å²) in [4.78, 5) is 26.2. The van der Waals surface area contributed by atoms with E-state index in [-0.39, 0.29) is 17.9 Å². The van der Waals surface area contributed by atoms with E-state index in [4.69, 9.17) is 4.42 Å². The molecule has 0 saturated carbocycles. The van der Waals surface area contributed by atoms with Crippen LogP contribution in [0.3, 0.4) is 0 Å². The highest BCUT2D eigenvalue weighted by atomic mass is 16.3. The van der Waals surface area contributed by atoms with Crippen molar-refractivity contribution in [3.05, 3.63) is 59.0 Å². The smallest absolute Gasteiger partial charge is 0.317 e. The Morgan fingerprint density at radius 1 is 1.27 bits per heavy atom. The molecule has 1 saturated heterocycles. The summed E-state index contributed by atoms with van der Waals surface area (Å²) in [6.07, 6.45) is 1.98.